The van der Waals surface area contributed by atoms with Gasteiger partial charge in [0.2, 0.25) is 10.0 Å². The Kier molecular flexibility index (Phi) is 12.6. The van der Waals surface area contributed by atoms with Gasteiger partial charge in [0.05, 0.1) is 5.75 Å². The molecule has 29 heavy (non-hydrogen) atoms. The van der Waals surface area contributed by atoms with Gasteiger partial charge in [0.15, 0.2) is 5.96 Å². The van der Waals surface area contributed by atoms with Gasteiger partial charge in [0, 0.05) is 26.2 Å². The Morgan fingerprint density at radius 1 is 0.931 bits per heavy atom. The summed E-state index contributed by atoms with van der Waals surface area (Å²) in [5.41, 5.74) is 2.23. The normalized spacial score (nSPS) is 11.6. The average Bonchev–Trinajstić information content (AvgIpc) is 2.71. The fourth-order valence-corrected chi connectivity index (χ4v) is 3.53. The Morgan fingerprint density at radius 2 is 1.55 bits per heavy atom. The van der Waals surface area contributed by atoms with Crippen LogP contribution >= 0.6 is 24.0 Å². The highest BCUT2D eigenvalue weighted by Gasteiger charge is 2.10. The van der Waals surface area contributed by atoms with Crippen LogP contribution in [0.4, 0.5) is 0 Å². The average molecular weight is 530 g/mol. The van der Waals surface area contributed by atoms with Gasteiger partial charge in [-0.15, -0.1) is 24.0 Å². The number of hydrogen-bond acceptors (Lipinski definition) is 3. The van der Waals surface area contributed by atoms with Gasteiger partial charge in [-0.1, -0.05) is 60.7 Å². The first-order valence-corrected chi connectivity index (χ1v) is 11.3. The van der Waals surface area contributed by atoms with E-state index in [0.29, 0.717) is 25.6 Å². The van der Waals surface area contributed by atoms with Crippen molar-refractivity contribution in [2.24, 2.45) is 4.99 Å². The summed E-state index contributed by atoms with van der Waals surface area (Å²) in [5, 5.41) is 6.24. The lowest BCUT2D eigenvalue weighted by atomic mass is 10.1. The smallest absolute Gasteiger partial charge is 0.213 e. The highest BCUT2D eigenvalue weighted by Crippen LogP contribution is 2.02. The second-order valence-corrected chi connectivity index (χ2v) is 8.33. The quantitative estimate of drug-likeness (QED) is 0.181. The van der Waals surface area contributed by atoms with Crippen LogP contribution in [0, 0.1) is 0 Å². The SMILES string of the molecule is CCNC(=NCCCc1ccccc1)NCCS(=O)(=O)NCc1ccccc1.I. The number of aliphatic imine (C=N–C) groups is 1. The molecule has 0 atom stereocenters. The number of aryl methyl sites for hydroxylation is 1. The maximum Gasteiger partial charge on any atom is 0.213 e. The number of rotatable bonds is 11. The Balaban J connectivity index is 0.00000420. The molecule has 0 spiro atoms. The van der Waals surface area contributed by atoms with Gasteiger partial charge in [0.1, 0.15) is 0 Å². The summed E-state index contributed by atoms with van der Waals surface area (Å²) >= 11 is 0. The highest BCUT2D eigenvalue weighted by atomic mass is 127. The summed E-state index contributed by atoms with van der Waals surface area (Å²) in [6.07, 6.45) is 1.92. The summed E-state index contributed by atoms with van der Waals surface area (Å²) in [6.45, 7) is 4.00. The van der Waals surface area contributed by atoms with Crippen molar-refractivity contribution in [2.75, 3.05) is 25.4 Å². The number of hydrogen-bond donors (Lipinski definition) is 3. The molecule has 0 radical (unpaired) electrons. The van der Waals surface area contributed by atoms with Crippen molar-refractivity contribution in [3.05, 3.63) is 71.8 Å². The number of halogens is 1. The van der Waals surface area contributed by atoms with E-state index >= 15 is 0 Å². The van der Waals surface area contributed by atoms with E-state index in [0.717, 1.165) is 24.9 Å². The Bertz CT molecular complexity index is 815. The molecule has 0 aliphatic heterocycles. The minimum Gasteiger partial charge on any atom is -0.357 e. The van der Waals surface area contributed by atoms with Crippen molar-refractivity contribution in [2.45, 2.75) is 26.3 Å². The molecule has 160 valence electrons. The zero-order chi connectivity index (χ0) is 20.1. The number of benzene rings is 2. The maximum absolute atomic E-state index is 12.1. The lowest BCUT2D eigenvalue weighted by Gasteiger charge is -2.12. The summed E-state index contributed by atoms with van der Waals surface area (Å²) in [6, 6.07) is 19.8. The van der Waals surface area contributed by atoms with Crippen LogP contribution in [0.25, 0.3) is 0 Å². The Morgan fingerprint density at radius 3 is 2.17 bits per heavy atom. The van der Waals surface area contributed by atoms with E-state index in [1.165, 1.54) is 5.56 Å². The molecule has 0 bridgehead atoms. The van der Waals surface area contributed by atoms with Crippen molar-refractivity contribution < 1.29 is 8.42 Å². The minimum atomic E-state index is -3.35. The van der Waals surface area contributed by atoms with Crippen molar-refractivity contribution in [3.8, 4) is 0 Å². The maximum atomic E-state index is 12.1. The summed E-state index contributed by atoms with van der Waals surface area (Å²) in [5.74, 6) is 0.641. The van der Waals surface area contributed by atoms with Gasteiger partial charge < -0.3 is 10.6 Å². The summed E-state index contributed by atoms with van der Waals surface area (Å²) in [4.78, 5) is 4.52. The standard InChI is InChI=1S/C21H30N4O2S.HI/c1-2-22-21(23-15-9-14-19-10-5-3-6-11-19)24-16-17-28(26,27)25-18-20-12-7-4-8-13-20;/h3-8,10-13,25H,2,9,14-18H2,1H3,(H2,22,23,24);1H. The van der Waals surface area contributed by atoms with Crippen LogP contribution < -0.4 is 15.4 Å². The molecule has 2 aromatic carbocycles. The minimum absolute atomic E-state index is 0. The van der Waals surface area contributed by atoms with Crippen LogP contribution in [0.15, 0.2) is 65.7 Å². The second kappa shape index (κ2) is 14.4. The fourth-order valence-electron chi connectivity index (χ4n) is 2.63. The second-order valence-electron chi connectivity index (χ2n) is 6.40. The first-order valence-electron chi connectivity index (χ1n) is 9.66. The third kappa shape index (κ3) is 11.2. The van der Waals surface area contributed by atoms with E-state index in [1.54, 1.807) is 0 Å². The molecule has 0 aromatic heterocycles. The first kappa shape index (κ1) is 25.4. The molecule has 0 fully saturated rings. The van der Waals surface area contributed by atoms with E-state index in [2.05, 4.69) is 32.5 Å². The number of guanidine groups is 1. The molecule has 0 unspecified atom stereocenters. The largest absolute Gasteiger partial charge is 0.357 e. The van der Waals surface area contributed by atoms with E-state index < -0.39 is 10.0 Å². The van der Waals surface area contributed by atoms with Crippen LogP contribution in [-0.2, 0) is 23.0 Å². The lowest BCUT2D eigenvalue weighted by molar-refractivity contribution is 0.580. The van der Waals surface area contributed by atoms with Crippen molar-refractivity contribution in [3.63, 3.8) is 0 Å². The molecule has 0 aliphatic rings. The predicted molar refractivity (Wildman–Crippen MR) is 131 cm³/mol. The third-order valence-corrected chi connectivity index (χ3v) is 5.41. The molecule has 8 heteroatoms. The molecular formula is C21H31IN4O2S. The van der Waals surface area contributed by atoms with Gasteiger partial charge in [-0.3, -0.25) is 4.99 Å². The van der Waals surface area contributed by atoms with Crippen LogP contribution in [0.1, 0.15) is 24.5 Å². The molecule has 0 aliphatic carbocycles. The van der Waals surface area contributed by atoms with Gasteiger partial charge in [-0.05, 0) is 30.9 Å². The van der Waals surface area contributed by atoms with Gasteiger partial charge in [0.25, 0.3) is 0 Å². The van der Waals surface area contributed by atoms with Crippen LogP contribution in [0.3, 0.4) is 0 Å². The van der Waals surface area contributed by atoms with Crippen LogP contribution in [0.2, 0.25) is 0 Å². The predicted octanol–water partition coefficient (Wildman–Crippen LogP) is 2.91. The summed E-state index contributed by atoms with van der Waals surface area (Å²) in [7, 11) is -3.35. The van der Waals surface area contributed by atoms with Crippen molar-refractivity contribution in [1.29, 1.82) is 0 Å². The van der Waals surface area contributed by atoms with Gasteiger partial charge in [-0.25, -0.2) is 13.1 Å². The monoisotopic (exact) mass is 530 g/mol. The number of nitrogens with zero attached hydrogens (tertiary/aromatic N) is 1. The lowest BCUT2D eigenvalue weighted by Crippen LogP contribution is -2.41. The highest BCUT2D eigenvalue weighted by molar-refractivity contribution is 14.0. The third-order valence-electron chi connectivity index (χ3n) is 4.08. The molecule has 0 saturated heterocycles. The van der Waals surface area contributed by atoms with Crippen molar-refractivity contribution >= 4 is 40.0 Å². The van der Waals surface area contributed by atoms with E-state index in [-0.39, 0.29) is 29.7 Å². The number of nitrogens with one attached hydrogen (secondary N) is 3. The molecule has 6 nitrogen and oxygen atoms in total. The van der Waals surface area contributed by atoms with Gasteiger partial charge >= 0.3 is 0 Å². The zero-order valence-corrected chi connectivity index (χ0v) is 20.0. The van der Waals surface area contributed by atoms with Crippen LogP contribution in [0.5, 0.6) is 0 Å². The number of sulfonamides is 1. The molecule has 3 N–H and O–H groups in total. The first-order chi connectivity index (χ1) is 13.6. The summed E-state index contributed by atoms with van der Waals surface area (Å²) < 4.78 is 26.9. The molecular weight excluding hydrogens is 499 g/mol. The molecule has 0 amide bonds. The zero-order valence-electron chi connectivity index (χ0n) is 16.8. The van der Waals surface area contributed by atoms with Gasteiger partial charge in [-0.2, -0.15) is 0 Å². The molecule has 0 saturated carbocycles. The Hall–Kier alpha value is -1.65. The van der Waals surface area contributed by atoms with E-state index in [1.807, 2.05) is 55.5 Å². The van der Waals surface area contributed by atoms with Crippen LogP contribution in [-0.4, -0.2) is 39.8 Å². The van der Waals surface area contributed by atoms with Crippen molar-refractivity contribution in [1.82, 2.24) is 15.4 Å². The fraction of sp³-hybridized carbons (Fsp3) is 0.381. The molecule has 2 aromatic rings. The Labute approximate surface area is 191 Å². The topological polar surface area (TPSA) is 82.6 Å². The molecule has 2 rings (SSSR count). The van der Waals surface area contributed by atoms with E-state index in [4.69, 9.17) is 0 Å². The molecule has 0 heterocycles. The van der Waals surface area contributed by atoms with E-state index in [9.17, 15) is 8.42 Å².